The Morgan fingerprint density at radius 2 is 2.12 bits per heavy atom. The van der Waals surface area contributed by atoms with Gasteiger partial charge in [0, 0.05) is 17.1 Å². The third-order valence-electron chi connectivity index (χ3n) is 2.38. The molecule has 4 nitrogen and oxygen atoms in total. The Bertz CT molecular complexity index is 719. The molecule has 0 N–H and O–H groups in total. The minimum Gasteiger partial charge on any atom is -1.00 e. The van der Waals surface area contributed by atoms with Gasteiger partial charge in [-0.1, -0.05) is 23.5 Å². The predicted molar refractivity (Wildman–Crippen MR) is 58.7 cm³/mol. The molecule has 82 valence electrons. The van der Waals surface area contributed by atoms with E-state index in [0.29, 0.717) is 10.1 Å². The predicted octanol–water partition coefficient (Wildman–Crippen LogP) is -1.22. The van der Waals surface area contributed by atoms with Crippen LogP contribution < -0.4 is 21.5 Å². The lowest BCUT2D eigenvalue weighted by atomic mass is 10.3. The van der Waals surface area contributed by atoms with Crippen LogP contribution in [0.1, 0.15) is 5.69 Å². The van der Waals surface area contributed by atoms with E-state index in [4.69, 9.17) is 0 Å². The minimum atomic E-state index is 0. The Labute approximate surface area is 106 Å². The summed E-state index contributed by atoms with van der Waals surface area (Å²) in [6.45, 7) is 2.01. The molecule has 0 aliphatic heterocycles. The highest BCUT2D eigenvalue weighted by Gasteiger charge is 2.14. The summed E-state index contributed by atoms with van der Waals surface area (Å²) in [5, 5.41) is 5.96. The van der Waals surface area contributed by atoms with Crippen LogP contribution in [0.25, 0.3) is 16.0 Å². The number of hydrogen-bond donors (Lipinski definition) is 0. The van der Waals surface area contributed by atoms with Crippen molar-refractivity contribution in [1.29, 1.82) is 0 Å². The van der Waals surface area contributed by atoms with Gasteiger partial charge in [0.1, 0.15) is 5.52 Å². The van der Waals surface area contributed by atoms with E-state index in [0.717, 1.165) is 16.2 Å². The van der Waals surface area contributed by atoms with Gasteiger partial charge in [-0.15, -0.1) is 0 Å². The lowest BCUT2D eigenvalue weighted by Crippen LogP contribution is -3.00. The van der Waals surface area contributed by atoms with E-state index >= 15 is 0 Å². The molecule has 0 aliphatic carbocycles. The summed E-state index contributed by atoms with van der Waals surface area (Å²) in [7, 11) is 0. The average Bonchev–Trinajstić information content (AvgIpc) is 2.61. The maximum Gasteiger partial charge on any atom is 0.318 e. The second-order valence-corrected chi connectivity index (χ2v) is 4.19. The largest absolute Gasteiger partial charge is 1.00 e. The van der Waals surface area contributed by atoms with Crippen molar-refractivity contribution >= 4 is 27.3 Å². The van der Waals surface area contributed by atoms with Crippen molar-refractivity contribution in [2.45, 2.75) is 6.92 Å². The maximum atomic E-state index is 11.6. The topological polar surface area (TPSA) is 40.3 Å². The van der Waals surface area contributed by atoms with Crippen molar-refractivity contribution in [2.24, 2.45) is 0 Å². The molecule has 2 aromatic heterocycles. The van der Waals surface area contributed by atoms with Gasteiger partial charge in [0.2, 0.25) is 0 Å². The van der Waals surface area contributed by atoms with Crippen molar-refractivity contribution in [3.8, 4) is 0 Å². The first kappa shape index (κ1) is 11.2. The van der Waals surface area contributed by atoms with Crippen LogP contribution in [0.3, 0.4) is 0 Å². The molecule has 3 rings (SSSR count). The van der Waals surface area contributed by atoms with E-state index < -0.39 is 0 Å². The van der Waals surface area contributed by atoms with Crippen LogP contribution in [0.4, 0.5) is 0 Å². The Kier molecular flexibility index (Phi) is 2.77. The van der Waals surface area contributed by atoms with Crippen LogP contribution in [0.5, 0.6) is 0 Å². The highest BCUT2D eigenvalue weighted by molar-refractivity contribution is 7.15. The summed E-state index contributed by atoms with van der Waals surface area (Å²) in [4.78, 5) is 12.3. The smallest absolute Gasteiger partial charge is 0.318 e. The second-order valence-electron chi connectivity index (χ2n) is 3.36. The summed E-state index contributed by atoms with van der Waals surface area (Å²) in [6.07, 6.45) is 0. The molecule has 0 amide bonds. The number of para-hydroxylation sites is 2. The molecule has 0 saturated carbocycles. The first-order chi connectivity index (χ1) is 7.27. The van der Waals surface area contributed by atoms with Crippen molar-refractivity contribution in [3.05, 3.63) is 40.2 Å². The quantitative estimate of drug-likeness (QED) is 0.488. The molecule has 0 radical (unpaired) electrons. The van der Waals surface area contributed by atoms with Crippen LogP contribution in [0.15, 0.2) is 29.6 Å². The average molecular weight is 298 g/mol. The third kappa shape index (κ3) is 1.45. The molecule has 16 heavy (non-hydrogen) atoms. The molecule has 2 heterocycles. The van der Waals surface area contributed by atoms with Gasteiger partial charge in [0.05, 0.1) is 10.0 Å². The molecule has 0 saturated heterocycles. The Balaban J connectivity index is 0.000000963. The van der Waals surface area contributed by atoms with Gasteiger partial charge >= 0.3 is 5.52 Å². The van der Waals surface area contributed by atoms with Gasteiger partial charge in [-0.05, 0) is 13.0 Å². The zero-order chi connectivity index (χ0) is 10.4. The maximum absolute atomic E-state index is 11.6. The minimum absolute atomic E-state index is 0. The van der Waals surface area contributed by atoms with Crippen LogP contribution in [-0.2, 0) is 0 Å². The standard InChI is InChI=1S/C10H8N3OS.BrH/c1-7-6-15-10-11-13(14)9-5-3-2-4-8(9)12(7)10;/h2-6H,1H3;1H/q+1;/p-1. The Morgan fingerprint density at radius 3 is 2.94 bits per heavy atom. The van der Waals surface area contributed by atoms with Crippen molar-refractivity contribution in [2.75, 3.05) is 0 Å². The monoisotopic (exact) mass is 297 g/mol. The molecule has 0 fully saturated rings. The lowest BCUT2D eigenvalue weighted by molar-refractivity contribution is -0.533. The molecule has 0 atom stereocenters. The van der Waals surface area contributed by atoms with E-state index in [-0.39, 0.29) is 17.0 Å². The zero-order valence-corrected chi connectivity index (χ0v) is 10.8. The number of nitrogens with zero attached hydrogens (tertiary/aromatic N) is 3. The first-order valence-corrected chi connectivity index (χ1v) is 5.44. The molecule has 0 bridgehead atoms. The number of fused-ring (bicyclic) bond motifs is 3. The number of halogens is 1. The fourth-order valence-corrected chi connectivity index (χ4v) is 2.55. The Hall–Kier alpha value is -1.27. The molecular formula is C10H8BrN3OS. The summed E-state index contributed by atoms with van der Waals surface area (Å²) in [5.41, 5.74) is 2.59. The summed E-state index contributed by atoms with van der Waals surface area (Å²) in [5.74, 6) is 0. The van der Waals surface area contributed by atoms with Crippen LogP contribution in [-0.4, -0.2) is 9.50 Å². The highest BCUT2D eigenvalue weighted by Crippen LogP contribution is 2.17. The summed E-state index contributed by atoms with van der Waals surface area (Å²) in [6, 6.07) is 7.47. The van der Waals surface area contributed by atoms with Crippen LogP contribution in [0, 0.1) is 11.8 Å². The Morgan fingerprint density at radius 1 is 1.38 bits per heavy atom. The lowest BCUT2D eigenvalue weighted by Gasteiger charge is -1.95. The van der Waals surface area contributed by atoms with Crippen molar-refractivity contribution in [1.82, 2.24) is 9.50 Å². The van der Waals surface area contributed by atoms with E-state index in [1.807, 2.05) is 34.9 Å². The van der Waals surface area contributed by atoms with Gasteiger partial charge in [-0.2, -0.15) is 0 Å². The molecule has 6 heteroatoms. The number of aryl methyl sites for hydroxylation is 1. The number of aromatic nitrogens is 3. The number of hydrogen-bond acceptors (Lipinski definition) is 3. The van der Waals surface area contributed by atoms with E-state index in [1.54, 1.807) is 6.07 Å². The first-order valence-electron chi connectivity index (χ1n) is 4.56. The second kappa shape index (κ2) is 3.95. The fraction of sp³-hybridized carbons (Fsp3) is 0.100. The van der Waals surface area contributed by atoms with E-state index in [9.17, 15) is 4.91 Å². The van der Waals surface area contributed by atoms with Gasteiger partial charge < -0.3 is 17.0 Å². The van der Waals surface area contributed by atoms with Gasteiger partial charge in [-0.25, -0.2) is 0 Å². The molecule has 0 spiro atoms. The van der Waals surface area contributed by atoms with E-state index in [1.165, 1.54) is 11.3 Å². The van der Waals surface area contributed by atoms with E-state index in [2.05, 4.69) is 5.10 Å². The molecule has 0 aliphatic rings. The van der Waals surface area contributed by atoms with Crippen LogP contribution >= 0.6 is 11.3 Å². The third-order valence-corrected chi connectivity index (χ3v) is 3.32. The van der Waals surface area contributed by atoms with Crippen LogP contribution in [0.2, 0.25) is 0 Å². The highest BCUT2D eigenvalue weighted by atomic mass is 79.9. The van der Waals surface area contributed by atoms with Gasteiger partial charge in [0.25, 0.3) is 4.96 Å². The summed E-state index contributed by atoms with van der Waals surface area (Å²) < 4.78 is 2.68. The number of benzene rings is 1. The van der Waals surface area contributed by atoms with Crippen molar-refractivity contribution < 1.29 is 21.5 Å². The fourth-order valence-electron chi connectivity index (χ4n) is 1.70. The molecular weight excluding hydrogens is 290 g/mol. The summed E-state index contributed by atoms with van der Waals surface area (Å²) >= 11 is 1.47. The number of thiazole rings is 1. The zero-order valence-electron chi connectivity index (χ0n) is 8.42. The SMILES string of the molecule is Cc1csc2n[n+](=O)c3ccccc3n12.[Br-]. The number of rotatable bonds is 0. The van der Waals surface area contributed by atoms with Gasteiger partial charge in [0.15, 0.2) is 4.54 Å². The molecule has 3 aromatic rings. The normalized spacial score (nSPS) is 10.6. The van der Waals surface area contributed by atoms with Gasteiger partial charge in [-0.3, -0.25) is 4.40 Å². The van der Waals surface area contributed by atoms with Crippen molar-refractivity contribution in [3.63, 3.8) is 0 Å². The molecule has 1 aromatic carbocycles. The molecule has 0 unspecified atom stereocenters.